The maximum atomic E-state index is 5.78. The summed E-state index contributed by atoms with van der Waals surface area (Å²) in [5, 5.41) is 5.06. The first-order chi connectivity index (χ1) is 29.9. The minimum absolute atomic E-state index is 0.712. The Hall–Kier alpha value is -3.64. The van der Waals surface area contributed by atoms with Crippen LogP contribution in [0.25, 0.3) is 0 Å². The Labute approximate surface area is 378 Å². The molecule has 61 heavy (non-hydrogen) atoms. The lowest BCUT2D eigenvalue weighted by atomic mass is 10.3. The minimum Gasteiger partial charge on any atom is -0.493 e. The van der Waals surface area contributed by atoms with Gasteiger partial charge in [-0.3, -0.25) is 0 Å². The minimum atomic E-state index is -1.61. The quantitative estimate of drug-likeness (QED) is 0.0358. The van der Waals surface area contributed by atoms with Crippen LogP contribution in [0.2, 0.25) is 48.4 Å². The zero-order chi connectivity index (χ0) is 43.7. The molecule has 13 heteroatoms. The summed E-state index contributed by atoms with van der Waals surface area (Å²) in [6, 6.07) is 35.5. The third-order valence-electron chi connectivity index (χ3n) is 11.4. The van der Waals surface area contributed by atoms with E-state index >= 15 is 0 Å². The van der Waals surface area contributed by atoms with Gasteiger partial charge in [-0.15, -0.1) is 0 Å². The van der Waals surface area contributed by atoms with Crippen molar-refractivity contribution in [1.29, 1.82) is 0 Å². The van der Waals surface area contributed by atoms with E-state index in [9.17, 15) is 0 Å². The number of hydrogen-bond acceptors (Lipinski definition) is 8. The Kier molecular flexibility index (Phi) is 23.1. The molecule has 0 aliphatic heterocycles. The van der Waals surface area contributed by atoms with Gasteiger partial charge in [0.15, 0.2) is 46.0 Å². The van der Waals surface area contributed by atoms with Crippen LogP contribution >= 0.6 is 0 Å². The van der Waals surface area contributed by atoms with Gasteiger partial charge in [0.05, 0.1) is 103 Å². The van der Waals surface area contributed by atoms with Gasteiger partial charge in [0.25, 0.3) is 0 Å². The number of para-hydroxylation sites is 4. The second kappa shape index (κ2) is 28.1. The van der Waals surface area contributed by atoms with Crippen LogP contribution in [0.15, 0.2) is 72.8 Å². The summed E-state index contributed by atoms with van der Waals surface area (Å²) < 4.78 is 45.5. The van der Waals surface area contributed by atoms with E-state index in [0.717, 1.165) is 46.0 Å². The number of rotatable bonds is 32. The number of hydrogen-bond donors (Lipinski definition) is 0. The van der Waals surface area contributed by atoms with Crippen molar-refractivity contribution >= 4 is 66.9 Å². The van der Waals surface area contributed by atoms with Crippen LogP contribution in [-0.4, -0.2) is 103 Å². The zero-order valence-corrected chi connectivity index (χ0v) is 43.0. The molecule has 0 aromatic heterocycles. The largest absolute Gasteiger partial charge is 0.493 e. The Morgan fingerprint density at radius 3 is 0.738 bits per heavy atom. The summed E-state index contributed by atoms with van der Waals surface area (Å²) >= 11 is 0. The van der Waals surface area contributed by atoms with Crippen LogP contribution in [0.5, 0.6) is 46.0 Å². The second-order valence-electron chi connectivity index (χ2n) is 15.2. The molecule has 0 saturated carbocycles. The van der Waals surface area contributed by atoms with Crippen LogP contribution in [0.4, 0.5) is 0 Å². The Morgan fingerprint density at radius 1 is 0.311 bits per heavy atom. The molecule has 328 valence electrons. The highest BCUT2D eigenvalue weighted by atomic mass is 28.3. The molecule has 0 fully saturated rings. The molecule has 0 spiro atoms. The molecule has 0 saturated heterocycles. The number of methoxy groups -OCH3 is 8. The summed E-state index contributed by atoms with van der Waals surface area (Å²) in [5.74, 6) is 6.83. The van der Waals surface area contributed by atoms with Crippen molar-refractivity contribution in [1.82, 2.24) is 0 Å². The van der Waals surface area contributed by atoms with Crippen molar-refractivity contribution in [3.63, 3.8) is 0 Å². The number of unbranched alkanes of at least 4 members (excludes halogenated alkanes) is 4. The van der Waals surface area contributed by atoms with Gasteiger partial charge < -0.3 is 37.9 Å². The smallest absolute Gasteiger partial charge is 0.160 e. The van der Waals surface area contributed by atoms with E-state index in [0.29, 0.717) is 38.1 Å². The highest BCUT2D eigenvalue weighted by molar-refractivity contribution is 6.79. The lowest BCUT2D eigenvalue weighted by Gasteiger charge is -2.33. The first-order valence-corrected chi connectivity index (χ1v) is 29.4. The molecule has 0 aliphatic carbocycles. The fourth-order valence-corrected chi connectivity index (χ4v) is 18.9. The average molecular weight is 913 g/mol. The Bertz CT molecular complexity index is 1590. The lowest BCUT2D eigenvalue weighted by molar-refractivity contribution is 0.357. The standard InChI is InChI=1S/C48H68O8Si5/c1-49-37-21-17-25-41(45(37)53-5)57-29-9-13-33-61(34-14-10-30-58-42-26-18-22-38(50-2)46(42)54-6,35-15-11-31-59-43-27-19-23-39(51-3)47(43)55-7)36-16-12-32-60-44-28-20-24-40(52-4)48(44)56-8/h17-28H,9-16,29-36H2,1-8H3. The molecular formula is C48H68O8Si5. The highest BCUT2D eigenvalue weighted by Crippen LogP contribution is 2.35. The fraction of sp³-hybridized carbons (Fsp3) is 0.500. The van der Waals surface area contributed by atoms with E-state index in [2.05, 4.69) is 48.5 Å². The molecule has 0 unspecified atom stereocenters. The molecule has 4 aromatic carbocycles. The van der Waals surface area contributed by atoms with Crippen LogP contribution in [0, 0.1) is 0 Å². The lowest BCUT2D eigenvalue weighted by Crippen LogP contribution is -2.34. The molecule has 0 N–H and O–H groups in total. The summed E-state index contributed by atoms with van der Waals surface area (Å²) in [6.45, 7) is 0. The van der Waals surface area contributed by atoms with Crippen molar-refractivity contribution in [2.75, 3.05) is 56.9 Å². The third kappa shape index (κ3) is 15.3. The maximum absolute atomic E-state index is 5.78. The van der Waals surface area contributed by atoms with E-state index in [1.54, 1.807) is 56.9 Å². The summed E-state index contributed by atoms with van der Waals surface area (Å²) in [5.41, 5.74) is 0. The summed E-state index contributed by atoms with van der Waals surface area (Å²) in [4.78, 5) is 0. The van der Waals surface area contributed by atoms with Gasteiger partial charge in [-0.05, 0) is 45.0 Å². The van der Waals surface area contributed by atoms with Crippen molar-refractivity contribution in [3.8, 4) is 46.0 Å². The van der Waals surface area contributed by atoms with Gasteiger partial charge in [-0.1, -0.05) is 148 Å². The molecular weight excluding hydrogens is 845 g/mol. The SMILES string of the molecule is COc1cccc([Si]CCCC[Si](CCCC[Si]c2cccc(OC)c2OC)(CCCC[Si]c2cccc(OC)c2OC)CCCC[Si]c2cccc(OC)c2OC)c1OC. The number of benzene rings is 4. The van der Waals surface area contributed by atoms with Gasteiger partial charge in [-0.2, -0.15) is 0 Å². The van der Waals surface area contributed by atoms with Crippen LogP contribution < -0.4 is 58.6 Å². The van der Waals surface area contributed by atoms with E-state index in [-0.39, 0.29) is 0 Å². The van der Waals surface area contributed by atoms with Crippen molar-refractivity contribution in [2.45, 2.75) is 99.7 Å². The molecule has 0 heterocycles. The molecule has 4 aromatic rings. The first kappa shape index (κ1) is 50.0. The van der Waals surface area contributed by atoms with Gasteiger partial charge in [0, 0.05) is 0 Å². The molecule has 8 nitrogen and oxygen atoms in total. The maximum Gasteiger partial charge on any atom is 0.160 e. The number of ether oxygens (including phenoxy) is 8. The van der Waals surface area contributed by atoms with Crippen LogP contribution in [0.3, 0.4) is 0 Å². The highest BCUT2D eigenvalue weighted by Gasteiger charge is 2.31. The normalized spacial score (nSPS) is 11.3. The van der Waals surface area contributed by atoms with E-state index in [1.165, 1.54) is 120 Å². The second-order valence-corrected chi connectivity index (χ2v) is 25.8. The first-order valence-electron chi connectivity index (χ1n) is 21.7. The topological polar surface area (TPSA) is 73.8 Å². The van der Waals surface area contributed by atoms with E-state index in [4.69, 9.17) is 37.9 Å². The van der Waals surface area contributed by atoms with E-state index < -0.39 is 8.07 Å². The summed E-state index contributed by atoms with van der Waals surface area (Å²) in [6.07, 6.45) is 10.2. The van der Waals surface area contributed by atoms with Gasteiger partial charge in [0.1, 0.15) is 0 Å². The predicted octanol–water partition coefficient (Wildman–Crippen LogP) is 8.42. The Morgan fingerprint density at radius 2 is 0.541 bits per heavy atom. The fourth-order valence-electron chi connectivity index (χ4n) is 8.25. The van der Waals surface area contributed by atoms with Crippen LogP contribution in [-0.2, 0) is 0 Å². The van der Waals surface area contributed by atoms with Gasteiger partial charge in [0.2, 0.25) is 0 Å². The molecule has 0 amide bonds. The molecule has 0 atom stereocenters. The summed E-state index contributed by atoms with van der Waals surface area (Å²) in [7, 11) is 15.1. The van der Waals surface area contributed by atoms with Crippen molar-refractivity contribution < 1.29 is 37.9 Å². The molecule has 8 radical (unpaired) electrons. The van der Waals surface area contributed by atoms with Crippen molar-refractivity contribution in [3.05, 3.63) is 72.8 Å². The Balaban J connectivity index is 1.46. The monoisotopic (exact) mass is 912 g/mol. The average Bonchev–Trinajstić information content (AvgIpc) is 3.30. The third-order valence-corrected chi connectivity index (χ3v) is 22.6. The van der Waals surface area contributed by atoms with E-state index in [1.807, 2.05) is 24.3 Å². The predicted molar refractivity (Wildman–Crippen MR) is 261 cm³/mol. The molecule has 4 rings (SSSR count). The zero-order valence-electron chi connectivity index (χ0n) is 38.0. The van der Waals surface area contributed by atoms with Gasteiger partial charge >= 0.3 is 0 Å². The van der Waals surface area contributed by atoms with Gasteiger partial charge in [-0.25, -0.2) is 0 Å². The van der Waals surface area contributed by atoms with Crippen LogP contribution in [0.1, 0.15) is 51.4 Å². The molecule has 0 aliphatic rings. The molecule has 0 bridgehead atoms. The van der Waals surface area contributed by atoms with Crippen molar-refractivity contribution in [2.24, 2.45) is 0 Å².